The van der Waals surface area contributed by atoms with Crippen molar-refractivity contribution in [1.29, 1.82) is 0 Å². The first-order valence-electron chi connectivity index (χ1n) is 0. The Balaban J connectivity index is 0. The molecule has 32 valence electrons. The van der Waals surface area contributed by atoms with Crippen LogP contribution in [0.4, 0.5) is 0 Å². The summed E-state index contributed by atoms with van der Waals surface area (Å²) in [5.41, 5.74) is 0. The molecule has 0 spiro atoms. The van der Waals surface area contributed by atoms with E-state index in [0.29, 0.717) is 0 Å². The Morgan fingerprint density at radius 3 is 0.500 bits per heavy atom. The van der Waals surface area contributed by atoms with Crippen LogP contribution in [0.2, 0.25) is 0 Å². The fraction of sp³-hybridized carbons (Fsp3) is 0. The molecule has 0 aliphatic carbocycles. The molecule has 0 aromatic heterocycles. The molecule has 0 fully saturated rings. The SMILES string of the molecule is [Al+3].[Cs+].[OH-].[OH-].[OH-].[OH-]. The first-order valence-corrected chi connectivity index (χ1v) is 0. The summed E-state index contributed by atoms with van der Waals surface area (Å²) in [7, 11) is 0. The molecule has 0 unspecified atom stereocenters. The predicted octanol–water partition coefficient (Wildman–Crippen LogP) is -4.08. The van der Waals surface area contributed by atoms with Crippen molar-refractivity contribution < 1.29 is 90.8 Å². The van der Waals surface area contributed by atoms with Crippen molar-refractivity contribution in [2.24, 2.45) is 0 Å². The quantitative estimate of drug-likeness (QED) is 0.391. The van der Waals surface area contributed by atoms with Crippen molar-refractivity contribution in [2.75, 3.05) is 0 Å². The second kappa shape index (κ2) is 52.1. The summed E-state index contributed by atoms with van der Waals surface area (Å²) in [4.78, 5) is 0. The molecular formula is H4AlCsO4. The Labute approximate surface area is 105 Å². The van der Waals surface area contributed by atoms with Crippen LogP contribution in [0.1, 0.15) is 0 Å². The van der Waals surface area contributed by atoms with Crippen LogP contribution in [0.3, 0.4) is 0 Å². The zero-order valence-electron chi connectivity index (χ0n) is 3.37. The summed E-state index contributed by atoms with van der Waals surface area (Å²) in [5.74, 6) is 0. The van der Waals surface area contributed by atoms with Crippen LogP contribution in [-0.4, -0.2) is 39.3 Å². The van der Waals surface area contributed by atoms with E-state index >= 15 is 0 Å². The van der Waals surface area contributed by atoms with E-state index in [1.54, 1.807) is 0 Å². The average Bonchev–Trinajstić information content (AvgIpc) is 0. The minimum Gasteiger partial charge on any atom is -0.870 e. The zero-order valence-corrected chi connectivity index (χ0v) is 10.8. The van der Waals surface area contributed by atoms with Crippen LogP contribution in [0, 0.1) is 0 Å². The second-order valence-corrected chi connectivity index (χ2v) is 0. The molecule has 0 aliphatic heterocycles. The molecule has 0 aromatic rings. The molecule has 0 saturated carbocycles. The van der Waals surface area contributed by atoms with E-state index in [4.69, 9.17) is 0 Å². The third-order valence-corrected chi connectivity index (χ3v) is 0. The van der Waals surface area contributed by atoms with E-state index in [2.05, 4.69) is 0 Å². The normalized spacial score (nSPS) is 0. The van der Waals surface area contributed by atoms with Crippen molar-refractivity contribution in [2.45, 2.75) is 0 Å². The van der Waals surface area contributed by atoms with Gasteiger partial charge in [0.2, 0.25) is 0 Å². The molecular weight excluding hydrogens is 224 g/mol. The Hall–Kier alpha value is 2.42. The van der Waals surface area contributed by atoms with Gasteiger partial charge in [-0.05, 0) is 0 Å². The van der Waals surface area contributed by atoms with Gasteiger partial charge < -0.3 is 21.9 Å². The van der Waals surface area contributed by atoms with Gasteiger partial charge in [-0.2, -0.15) is 0 Å². The molecule has 6 heavy (non-hydrogen) atoms. The molecule has 0 bridgehead atoms. The topological polar surface area (TPSA) is 120 Å². The second-order valence-electron chi connectivity index (χ2n) is 0. The van der Waals surface area contributed by atoms with Crippen molar-refractivity contribution in [3.05, 3.63) is 0 Å². The van der Waals surface area contributed by atoms with Crippen molar-refractivity contribution in [3.63, 3.8) is 0 Å². The van der Waals surface area contributed by atoms with E-state index in [-0.39, 0.29) is 108 Å². The molecule has 4 N–H and O–H groups in total. The third kappa shape index (κ3) is 32.2. The Morgan fingerprint density at radius 1 is 0.500 bits per heavy atom. The van der Waals surface area contributed by atoms with Crippen molar-refractivity contribution in [3.8, 4) is 0 Å². The van der Waals surface area contributed by atoms with Gasteiger partial charge in [-0.25, -0.2) is 0 Å². The van der Waals surface area contributed by atoms with E-state index in [1.165, 1.54) is 0 Å². The molecule has 0 amide bonds. The largest absolute Gasteiger partial charge is 3.00 e. The minimum absolute atomic E-state index is 0. The monoisotopic (exact) mass is 228 g/mol. The first-order chi connectivity index (χ1) is 0. The van der Waals surface area contributed by atoms with Gasteiger partial charge in [0.05, 0.1) is 0 Å². The first kappa shape index (κ1) is 79.0. The van der Waals surface area contributed by atoms with Crippen molar-refractivity contribution >= 4 is 17.4 Å². The van der Waals surface area contributed by atoms with Crippen LogP contribution in [0.5, 0.6) is 0 Å². The Morgan fingerprint density at radius 2 is 0.500 bits per heavy atom. The maximum atomic E-state index is 0. The van der Waals surface area contributed by atoms with E-state index in [1.807, 2.05) is 0 Å². The standard InChI is InChI=1S/Al.Cs.4H2O/h;;4*1H2/q+3;+1;;;;/p-4. The summed E-state index contributed by atoms with van der Waals surface area (Å²) < 4.78 is 0. The maximum absolute atomic E-state index is 0. The third-order valence-electron chi connectivity index (χ3n) is 0. The van der Waals surface area contributed by atoms with Gasteiger partial charge in [-0.3, -0.25) is 0 Å². The van der Waals surface area contributed by atoms with Gasteiger partial charge >= 0.3 is 86.3 Å². The summed E-state index contributed by atoms with van der Waals surface area (Å²) in [6.07, 6.45) is 0. The average molecular weight is 228 g/mol. The molecule has 4 nitrogen and oxygen atoms in total. The molecule has 0 heterocycles. The van der Waals surface area contributed by atoms with Gasteiger partial charge in [0.25, 0.3) is 0 Å². The maximum Gasteiger partial charge on any atom is 3.00 e. The molecule has 0 rings (SSSR count). The number of rotatable bonds is 0. The summed E-state index contributed by atoms with van der Waals surface area (Å²) in [5, 5.41) is 0. The summed E-state index contributed by atoms with van der Waals surface area (Å²) in [6, 6.07) is 0. The molecule has 6 heteroatoms. The fourth-order valence-electron chi connectivity index (χ4n) is 0. The van der Waals surface area contributed by atoms with Crippen LogP contribution >= 0.6 is 0 Å². The Kier molecular flexibility index (Phi) is 686. The number of hydrogen-bond acceptors (Lipinski definition) is 4. The van der Waals surface area contributed by atoms with E-state index in [9.17, 15) is 0 Å². The molecule has 0 saturated heterocycles. The van der Waals surface area contributed by atoms with Gasteiger partial charge in [-0.1, -0.05) is 0 Å². The van der Waals surface area contributed by atoms with Crippen LogP contribution in [0.15, 0.2) is 0 Å². The van der Waals surface area contributed by atoms with Crippen molar-refractivity contribution in [1.82, 2.24) is 0 Å². The molecule has 0 aliphatic rings. The van der Waals surface area contributed by atoms with Crippen LogP contribution in [0.25, 0.3) is 0 Å². The van der Waals surface area contributed by atoms with E-state index in [0.717, 1.165) is 0 Å². The minimum atomic E-state index is 0. The molecule has 0 aromatic carbocycles. The van der Waals surface area contributed by atoms with E-state index < -0.39 is 0 Å². The summed E-state index contributed by atoms with van der Waals surface area (Å²) in [6.45, 7) is 0. The van der Waals surface area contributed by atoms with Gasteiger partial charge in [0, 0.05) is 0 Å². The summed E-state index contributed by atoms with van der Waals surface area (Å²) >= 11 is 0. The predicted molar refractivity (Wildman–Crippen MR) is 13.5 cm³/mol. The van der Waals surface area contributed by atoms with Crippen LogP contribution < -0.4 is 68.9 Å². The smallest absolute Gasteiger partial charge is 0.870 e. The van der Waals surface area contributed by atoms with Gasteiger partial charge in [0.1, 0.15) is 0 Å². The van der Waals surface area contributed by atoms with Gasteiger partial charge in [0.15, 0.2) is 0 Å². The number of hydrogen-bond donors (Lipinski definition) is 0. The molecule has 0 atom stereocenters. The Bertz CT molecular complexity index is 7.51. The molecule has 0 radical (unpaired) electrons. The van der Waals surface area contributed by atoms with Gasteiger partial charge in [-0.15, -0.1) is 0 Å². The zero-order chi connectivity index (χ0) is 0. The fourth-order valence-corrected chi connectivity index (χ4v) is 0. The van der Waals surface area contributed by atoms with Crippen LogP contribution in [-0.2, 0) is 0 Å².